The number of hydrogen-bond donors (Lipinski definition) is 1. The summed E-state index contributed by atoms with van der Waals surface area (Å²) in [5.74, 6) is 2.23. The second-order valence-electron chi connectivity index (χ2n) is 5.92. The van der Waals surface area contributed by atoms with Gasteiger partial charge in [-0.3, -0.25) is 10.1 Å². The highest BCUT2D eigenvalue weighted by molar-refractivity contribution is 7.14. The van der Waals surface area contributed by atoms with Crippen LogP contribution in [-0.4, -0.2) is 38.3 Å². The molecule has 144 valence electrons. The molecule has 3 aromatic rings. The van der Waals surface area contributed by atoms with Gasteiger partial charge in [0.25, 0.3) is 5.91 Å². The Labute approximate surface area is 165 Å². The van der Waals surface area contributed by atoms with Crippen molar-refractivity contribution >= 4 is 22.4 Å². The van der Waals surface area contributed by atoms with Gasteiger partial charge in [-0.2, -0.15) is 0 Å². The SMILES string of the molecule is COc1ccc(-c2csc(NC(=O)c3ccc4c(c3)OCCO4)n2)cc1OC. The molecule has 8 heteroatoms. The van der Waals surface area contributed by atoms with E-state index >= 15 is 0 Å². The largest absolute Gasteiger partial charge is 0.493 e. The summed E-state index contributed by atoms with van der Waals surface area (Å²) in [6.45, 7) is 0.982. The van der Waals surface area contributed by atoms with Crippen LogP contribution in [0.1, 0.15) is 10.4 Å². The van der Waals surface area contributed by atoms with Gasteiger partial charge in [-0.1, -0.05) is 0 Å². The average molecular weight is 398 g/mol. The standard InChI is InChI=1S/C20H18N2O5S/c1-24-15-5-3-12(9-17(15)25-2)14-11-28-20(21-14)22-19(23)13-4-6-16-18(10-13)27-8-7-26-16/h3-6,9-11H,7-8H2,1-2H3,(H,21,22,23). The van der Waals surface area contributed by atoms with E-state index in [0.717, 1.165) is 11.3 Å². The number of amides is 1. The number of nitrogens with zero attached hydrogens (tertiary/aromatic N) is 1. The molecule has 0 fully saturated rings. The van der Waals surface area contributed by atoms with Crippen molar-refractivity contribution in [3.05, 3.63) is 47.3 Å². The molecule has 0 radical (unpaired) electrons. The molecule has 1 amide bonds. The first-order valence-corrected chi connectivity index (χ1v) is 9.45. The van der Waals surface area contributed by atoms with Crippen LogP contribution in [0, 0.1) is 0 Å². The number of benzene rings is 2. The van der Waals surface area contributed by atoms with E-state index in [1.165, 1.54) is 11.3 Å². The molecule has 1 aromatic heterocycles. The van der Waals surface area contributed by atoms with Gasteiger partial charge >= 0.3 is 0 Å². The van der Waals surface area contributed by atoms with Crippen LogP contribution < -0.4 is 24.3 Å². The highest BCUT2D eigenvalue weighted by atomic mass is 32.1. The fourth-order valence-corrected chi connectivity index (χ4v) is 3.53. The summed E-state index contributed by atoms with van der Waals surface area (Å²) < 4.78 is 21.6. The Hall–Kier alpha value is -3.26. The molecule has 1 N–H and O–H groups in total. The molecule has 0 unspecified atom stereocenters. The first kappa shape index (κ1) is 18.1. The molecular formula is C20H18N2O5S. The number of ether oxygens (including phenoxy) is 4. The Morgan fingerprint density at radius 1 is 1.04 bits per heavy atom. The lowest BCUT2D eigenvalue weighted by Gasteiger charge is -2.18. The van der Waals surface area contributed by atoms with Crippen molar-refractivity contribution in [3.8, 4) is 34.3 Å². The van der Waals surface area contributed by atoms with Crippen molar-refractivity contribution in [1.82, 2.24) is 4.98 Å². The van der Waals surface area contributed by atoms with E-state index in [1.54, 1.807) is 32.4 Å². The van der Waals surface area contributed by atoms with E-state index in [-0.39, 0.29) is 5.91 Å². The van der Waals surface area contributed by atoms with E-state index in [1.807, 2.05) is 23.6 Å². The van der Waals surface area contributed by atoms with E-state index in [2.05, 4.69) is 10.3 Å². The third kappa shape index (κ3) is 3.59. The number of hydrogen-bond acceptors (Lipinski definition) is 7. The van der Waals surface area contributed by atoms with Gasteiger partial charge in [0, 0.05) is 16.5 Å². The zero-order valence-corrected chi connectivity index (χ0v) is 16.2. The fourth-order valence-electron chi connectivity index (χ4n) is 2.81. The van der Waals surface area contributed by atoms with Crippen LogP contribution in [0.25, 0.3) is 11.3 Å². The van der Waals surface area contributed by atoms with Crippen molar-refractivity contribution in [2.45, 2.75) is 0 Å². The minimum atomic E-state index is -0.259. The Morgan fingerprint density at radius 3 is 2.61 bits per heavy atom. The van der Waals surface area contributed by atoms with Crippen LogP contribution in [0.2, 0.25) is 0 Å². The maximum atomic E-state index is 12.6. The van der Waals surface area contributed by atoms with E-state index in [4.69, 9.17) is 18.9 Å². The Bertz CT molecular complexity index is 1020. The molecule has 7 nitrogen and oxygen atoms in total. The summed E-state index contributed by atoms with van der Waals surface area (Å²) in [5.41, 5.74) is 2.09. The van der Waals surface area contributed by atoms with Gasteiger partial charge in [0.1, 0.15) is 13.2 Å². The average Bonchev–Trinajstić information content (AvgIpc) is 3.21. The summed E-state index contributed by atoms with van der Waals surface area (Å²) in [7, 11) is 3.17. The number of carbonyl (C=O) groups is 1. The lowest BCUT2D eigenvalue weighted by atomic mass is 10.1. The summed E-state index contributed by atoms with van der Waals surface area (Å²) in [6, 6.07) is 10.7. The van der Waals surface area contributed by atoms with Crippen LogP contribution in [0.3, 0.4) is 0 Å². The first-order valence-electron chi connectivity index (χ1n) is 8.57. The third-order valence-corrected chi connectivity index (χ3v) is 4.97. The number of carbonyl (C=O) groups excluding carboxylic acids is 1. The second kappa shape index (κ2) is 7.77. The number of anilines is 1. The summed E-state index contributed by atoms with van der Waals surface area (Å²) >= 11 is 1.35. The molecule has 0 aliphatic carbocycles. The van der Waals surface area contributed by atoms with Crippen molar-refractivity contribution < 1.29 is 23.7 Å². The zero-order chi connectivity index (χ0) is 19.5. The summed E-state index contributed by atoms with van der Waals surface area (Å²) in [6.07, 6.45) is 0. The Balaban J connectivity index is 1.51. The van der Waals surface area contributed by atoms with E-state index in [0.29, 0.717) is 46.9 Å². The first-order chi connectivity index (χ1) is 13.7. The molecular weight excluding hydrogens is 380 g/mol. The van der Waals surface area contributed by atoms with Crippen LogP contribution in [-0.2, 0) is 0 Å². The number of fused-ring (bicyclic) bond motifs is 1. The van der Waals surface area contributed by atoms with Gasteiger partial charge in [0.05, 0.1) is 19.9 Å². The van der Waals surface area contributed by atoms with Crippen LogP contribution in [0.5, 0.6) is 23.0 Å². The zero-order valence-electron chi connectivity index (χ0n) is 15.4. The quantitative estimate of drug-likeness (QED) is 0.703. The normalized spacial score (nSPS) is 12.4. The van der Waals surface area contributed by atoms with Gasteiger partial charge < -0.3 is 18.9 Å². The Kier molecular flexibility index (Phi) is 5.03. The van der Waals surface area contributed by atoms with Gasteiger partial charge in [-0.15, -0.1) is 11.3 Å². The Morgan fingerprint density at radius 2 is 1.82 bits per heavy atom. The van der Waals surface area contributed by atoms with E-state index < -0.39 is 0 Å². The van der Waals surface area contributed by atoms with Crippen molar-refractivity contribution in [1.29, 1.82) is 0 Å². The highest BCUT2D eigenvalue weighted by Gasteiger charge is 2.16. The molecule has 2 aromatic carbocycles. The van der Waals surface area contributed by atoms with E-state index in [9.17, 15) is 4.79 Å². The maximum Gasteiger partial charge on any atom is 0.257 e. The molecule has 0 bridgehead atoms. The smallest absolute Gasteiger partial charge is 0.257 e. The van der Waals surface area contributed by atoms with Crippen molar-refractivity contribution in [2.75, 3.05) is 32.8 Å². The topological polar surface area (TPSA) is 78.9 Å². The number of rotatable bonds is 5. The monoisotopic (exact) mass is 398 g/mol. The van der Waals surface area contributed by atoms with Crippen LogP contribution in [0.15, 0.2) is 41.8 Å². The molecule has 0 saturated carbocycles. The van der Waals surface area contributed by atoms with Crippen LogP contribution >= 0.6 is 11.3 Å². The van der Waals surface area contributed by atoms with Crippen molar-refractivity contribution in [3.63, 3.8) is 0 Å². The number of thiazole rings is 1. The minimum Gasteiger partial charge on any atom is -0.493 e. The molecule has 2 heterocycles. The predicted octanol–water partition coefficient (Wildman–Crippen LogP) is 3.85. The van der Waals surface area contributed by atoms with Crippen molar-refractivity contribution in [2.24, 2.45) is 0 Å². The van der Waals surface area contributed by atoms with Crippen LogP contribution in [0.4, 0.5) is 5.13 Å². The van der Waals surface area contributed by atoms with Gasteiger partial charge in [-0.05, 0) is 36.4 Å². The molecule has 1 aliphatic rings. The summed E-state index contributed by atoms with van der Waals surface area (Å²) in [4.78, 5) is 17.1. The number of nitrogens with one attached hydrogen (secondary N) is 1. The molecule has 0 saturated heterocycles. The maximum absolute atomic E-state index is 12.6. The highest BCUT2D eigenvalue weighted by Crippen LogP contribution is 2.34. The minimum absolute atomic E-state index is 0.259. The van der Waals surface area contributed by atoms with Gasteiger partial charge in [0.15, 0.2) is 28.1 Å². The molecule has 1 aliphatic heterocycles. The number of methoxy groups -OCH3 is 2. The molecule has 4 rings (SSSR count). The predicted molar refractivity (Wildman–Crippen MR) is 106 cm³/mol. The fraction of sp³-hybridized carbons (Fsp3) is 0.200. The molecule has 0 spiro atoms. The third-order valence-electron chi connectivity index (χ3n) is 4.21. The molecule has 0 atom stereocenters. The lowest BCUT2D eigenvalue weighted by Crippen LogP contribution is -2.17. The van der Waals surface area contributed by atoms with Gasteiger partial charge in [0.2, 0.25) is 0 Å². The van der Waals surface area contributed by atoms with Gasteiger partial charge in [-0.25, -0.2) is 4.98 Å². The lowest BCUT2D eigenvalue weighted by molar-refractivity contribution is 0.102. The molecule has 28 heavy (non-hydrogen) atoms. The number of aromatic nitrogens is 1. The summed E-state index contributed by atoms with van der Waals surface area (Å²) in [5, 5.41) is 5.20. The second-order valence-corrected chi connectivity index (χ2v) is 6.78.